The van der Waals surface area contributed by atoms with Crippen molar-refractivity contribution < 1.29 is 121 Å². The van der Waals surface area contributed by atoms with Crippen LogP contribution in [0.3, 0.4) is 0 Å². The molecule has 0 aliphatic rings. The van der Waals surface area contributed by atoms with E-state index in [1.165, 1.54) is 0 Å². The Hall–Kier alpha value is 4.57. The van der Waals surface area contributed by atoms with Crippen molar-refractivity contribution in [1.82, 2.24) is 0 Å². The van der Waals surface area contributed by atoms with Crippen LogP contribution in [0.25, 0.3) is 0 Å². The number of rotatable bonds is 0. The average molecular weight is 1360 g/mol. The molecule has 0 spiro atoms. The van der Waals surface area contributed by atoms with Gasteiger partial charge in [0.05, 0.1) is 0 Å². The van der Waals surface area contributed by atoms with E-state index in [-0.39, 0.29) is 81.9 Å². The van der Waals surface area contributed by atoms with Crippen LogP contribution in [0.5, 0.6) is 0 Å². The van der Waals surface area contributed by atoms with Crippen molar-refractivity contribution in [1.29, 1.82) is 0 Å². The Balaban J connectivity index is -0.0000000192. The van der Waals surface area contributed by atoms with E-state index in [4.69, 9.17) is 38.6 Å². The fourth-order valence-corrected chi connectivity index (χ4v) is 0. The van der Waals surface area contributed by atoms with Crippen LogP contribution < -0.4 is 20.0 Å². The summed E-state index contributed by atoms with van der Waals surface area (Å²) >= 11 is -17.3. The Morgan fingerprint density at radius 3 is 0.579 bits per heavy atom. The second kappa shape index (κ2) is 38.2. The first-order valence-corrected chi connectivity index (χ1v) is 16.2. The summed E-state index contributed by atoms with van der Waals surface area (Å²) in [6, 6.07) is 0. The largest absolute Gasteiger partial charge is 2.00 e. The molecule has 6 radical (unpaired) electrons. The molecule has 0 aromatic carbocycles. The third-order valence-electron chi connectivity index (χ3n) is 0. The van der Waals surface area contributed by atoms with E-state index < -0.39 is 82.8 Å². The summed E-state index contributed by atoms with van der Waals surface area (Å²) in [7, 11) is 0. The van der Waals surface area contributed by atoms with Gasteiger partial charge in [-0.3, -0.25) is 0 Å². The minimum atomic E-state index is -4.34. The molecule has 0 rings (SSSR count). The Morgan fingerprint density at radius 1 is 0.579 bits per heavy atom. The molecule has 19 heteroatoms. The van der Waals surface area contributed by atoms with E-state index in [1.54, 1.807) is 0 Å². The van der Waals surface area contributed by atoms with Gasteiger partial charge in [0.15, 0.2) is 0 Å². The molecule has 12 nitrogen and oxygen atoms in total. The molecule has 0 fully saturated rings. The maximum atomic E-state index is 8.62. The van der Waals surface area contributed by atoms with Crippen LogP contribution in [0.1, 0.15) is 0 Å². The topological polar surface area (TPSA) is 241 Å². The molecule has 0 aliphatic carbocycles. The van der Waals surface area contributed by atoms with Crippen molar-refractivity contribution in [3.63, 3.8) is 0 Å². The number of hydrogen-bond donors (Lipinski definition) is 0. The van der Waals surface area contributed by atoms with Crippen LogP contribution in [0.2, 0.25) is 0 Å². The molecule has 0 aliphatic heterocycles. The minimum absolute atomic E-state index is 0. The van der Waals surface area contributed by atoms with Crippen molar-refractivity contribution in [2.75, 3.05) is 0 Å². The molecule has 19 heavy (non-hydrogen) atoms. The third kappa shape index (κ3) is 457. The van der Waals surface area contributed by atoms with Gasteiger partial charge in [-0.25, -0.2) is 0 Å². The zero-order chi connectivity index (χ0) is 14.3. The summed E-state index contributed by atoms with van der Waals surface area (Å²) in [6.07, 6.45) is 0. The SMILES string of the molecule is [O]=[Ta](=[O])[O-].[O]=[Ta](=[O])[O-].[O]=[Zr]([O-])[O-].[O]=[Zr]([O-])[O-].[Pb+2].[Pb+2].[Pb+2]. The first-order valence-electron chi connectivity index (χ1n) is 2.32. The van der Waals surface area contributed by atoms with E-state index in [1.807, 2.05) is 0 Å². The van der Waals surface area contributed by atoms with Crippen LogP contribution in [0.15, 0.2) is 0 Å². The first kappa shape index (κ1) is 43.7. The summed E-state index contributed by atoms with van der Waals surface area (Å²) < 4.78 is 103. The van der Waals surface area contributed by atoms with Gasteiger partial charge in [0.1, 0.15) is 0 Å². The molecular weight excluding hydrogens is 1360 g/mol. The average Bonchev–Trinajstić information content (AvgIpc) is 1.76. The van der Waals surface area contributed by atoms with Crippen LogP contribution >= 0.6 is 0 Å². The molecule has 0 bridgehead atoms. The predicted octanol–water partition coefficient (Wildman–Crippen LogP) is -9.00. The zero-order valence-electron chi connectivity index (χ0n) is 8.29. The van der Waals surface area contributed by atoms with Crippen LogP contribution in [-0.4, -0.2) is 81.9 Å². The molecule has 0 saturated carbocycles. The van der Waals surface area contributed by atoms with Gasteiger partial charge in [-0.15, -0.1) is 0 Å². The molecule has 0 heterocycles. The van der Waals surface area contributed by atoms with Crippen LogP contribution in [0.4, 0.5) is 0 Å². The van der Waals surface area contributed by atoms with Crippen molar-refractivity contribution in [3.05, 3.63) is 0 Å². The van der Waals surface area contributed by atoms with Crippen molar-refractivity contribution in [2.45, 2.75) is 0 Å². The third-order valence-corrected chi connectivity index (χ3v) is 0. The second-order valence-electron chi connectivity index (χ2n) is 0.947. The van der Waals surface area contributed by atoms with Gasteiger partial charge in [-0.1, -0.05) is 0 Å². The molecule has 0 saturated heterocycles. The first-order chi connectivity index (χ1) is 6.93. The molecule has 0 N–H and O–H groups in total. The summed E-state index contributed by atoms with van der Waals surface area (Å²) in [4.78, 5) is 0. The second-order valence-corrected chi connectivity index (χ2v) is 6.62. The summed E-state index contributed by atoms with van der Waals surface area (Å²) in [5, 5.41) is 0. The zero-order valence-corrected chi connectivity index (χ0v) is 31.3. The molecule has 0 amide bonds. The van der Waals surface area contributed by atoms with Crippen LogP contribution in [0, 0.1) is 0 Å². The Bertz CT molecular complexity index is 265. The fourth-order valence-electron chi connectivity index (χ4n) is 0. The molecule has 102 valence electrons. The fraction of sp³-hybridized carbons (Fsp3) is 0. The van der Waals surface area contributed by atoms with E-state index in [0.29, 0.717) is 0 Å². The van der Waals surface area contributed by atoms with Gasteiger partial charge < -0.3 is 0 Å². The summed E-state index contributed by atoms with van der Waals surface area (Å²) in [5.41, 5.74) is 0. The van der Waals surface area contributed by atoms with Gasteiger partial charge in [-0.05, 0) is 0 Å². The predicted molar refractivity (Wildman–Crippen MR) is 21.4 cm³/mol. The van der Waals surface area contributed by atoms with E-state index in [2.05, 4.69) is 0 Å². The van der Waals surface area contributed by atoms with Gasteiger partial charge in [0.2, 0.25) is 0 Å². The quantitative estimate of drug-likeness (QED) is 0.206. The van der Waals surface area contributed by atoms with Gasteiger partial charge in [-0.2, -0.15) is 0 Å². The maximum absolute atomic E-state index is 8.62. The Morgan fingerprint density at radius 2 is 0.579 bits per heavy atom. The smallest absolute Gasteiger partial charge is 2.00 e. The van der Waals surface area contributed by atoms with E-state index >= 15 is 0 Å². The Labute approximate surface area is 198 Å². The summed E-state index contributed by atoms with van der Waals surface area (Å²) in [6.45, 7) is 0. The summed E-state index contributed by atoms with van der Waals surface area (Å²) in [5.74, 6) is 0. The van der Waals surface area contributed by atoms with Crippen molar-refractivity contribution in [3.8, 4) is 0 Å². The van der Waals surface area contributed by atoms with E-state index in [0.717, 1.165) is 0 Å². The van der Waals surface area contributed by atoms with E-state index in [9.17, 15) is 0 Å². The number of hydrogen-bond acceptors (Lipinski definition) is 12. The maximum Gasteiger partial charge on any atom is 2.00 e. The van der Waals surface area contributed by atoms with Crippen molar-refractivity contribution >= 4 is 81.9 Å². The molecule has 0 unspecified atom stereocenters. The van der Waals surface area contributed by atoms with Gasteiger partial charge in [0, 0.05) is 0 Å². The Kier molecular flexibility index (Phi) is 88.0. The molecule has 0 atom stereocenters. The van der Waals surface area contributed by atoms with Gasteiger partial charge in [0.25, 0.3) is 0 Å². The van der Waals surface area contributed by atoms with Crippen LogP contribution in [-0.2, 0) is 101 Å². The van der Waals surface area contributed by atoms with Gasteiger partial charge >= 0.3 is 203 Å². The molecule has 0 aromatic heterocycles. The van der Waals surface area contributed by atoms with Crippen molar-refractivity contribution in [2.24, 2.45) is 0 Å². The molecule has 0 aromatic rings. The minimum Gasteiger partial charge on any atom is 2.00 e. The monoisotopic (exact) mass is 1360 g/mol. The molecular formula is O12Pb3Ta2Zr2. The standard InChI is InChI=1S/12O.3Pb.2Ta.2Zr/q;;;;;;6*-1;3*+2;;;;. The normalized spacial score (nSPS) is 5.37.